The van der Waals surface area contributed by atoms with Crippen LogP contribution in [-0.4, -0.2) is 6.17 Å². The lowest BCUT2D eigenvalue weighted by molar-refractivity contribution is 0.0223. The van der Waals surface area contributed by atoms with Gasteiger partial charge in [-0.1, -0.05) is 44.5 Å². The van der Waals surface area contributed by atoms with Crippen molar-refractivity contribution >= 4 is 0 Å². The molecule has 1 heterocycles. The van der Waals surface area contributed by atoms with Crippen molar-refractivity contribution in [1.29, 1.82) is 0 Å². The fraction of sp³-hybridized carbons (Fsp3) is 0.538. The first-order valence-corrected chi connectivity index (χ1v) is 5.91. The highest BCUT2D eigenvalue weighted by atomic mass is 16.7. The first-order valence-electron chi connectivity index (χ1n) is 5.91. The summed E-state index contributed by atoms with van der Waals surface area (Å²) in [7, 11) is 0. The molecule has 1 aliphatic heterocycles. The number of aryl methyl sites for hydroxylation is 1. The minimum atomic E-state index is -0.0174. The predicted octanol–water partition coefficient (Wildman–Crippen LogP) is 2.88. The molecule has 1 aromatic rings. The molecule has 0 bridgehead atoms. The number of nitrogens with one attached hydrogen (secondary N) is 2. The lowest BCUT2D eigenvalue weighted by Gasteiger charge is -2.11. The van der Waals surface area contributed by atoms with Gasteiger partial charge in [-0.15, -0.1) is 0 Å². The zero-order chi connectivity index (χ0) is 12.0. The summed E-state index contributed by atoms with van der Waals surface area (Å²) in [6, 6.07) is 8.22. The van der Waals surface area contributed by atoms with Gasteiger partial charge in [0.25, 0.3) is 0 Å². The van der Waals surface area contributed by atoms with Gasteiger partial charge in [-0.3, -0.25) is 10.2 Å². The van der Waals surface area contributed by atoms with Crippen LogP contribution < -0.4 is 10.8 Å². The van der Waals surface area contributed by atoms with Gasteiger partial charge in [0.1, 0.15) is 0 Å². The number of hydroxylamine groups is 1. The summed E-state index contributed by atoms with van der Waals surface area (Å²) < 4.78 is 0. The van der Waals surface area contributed by atoms with Crippen molar-refractivity contribution in [3.8, 4) is 0 Å². The Hall–Kier alpha value is -0.900. The maximum Gasteiger partial charge on any atom is 0.156 e. The maximum absolute atomic E-state index is 5.37. The monoisotopic (exact) mass is 222 g/mol. The van der Waals surface area contributed by atoms with Gasteiger partial charge in [0.15, 0.2) is 6.23 Å². The van der Waals surface area contributed by atoms with E-state index >= 15 is 0 Å². The van der Waals surface area contributed by atoms with Crippen molar-refractivity contribution in [2.45, 2.75) is 46.5 Å². The SMILES string of the molecule is CCC.Cc1ccccc1C1NC(C)NO1. The van der Waals surface area contributed by atoms with Crippen LogP contribution in [0.25, 0.3) is 0 Å². The van der Waals surface area contributed by atoms with E-state index in [2.05, 4.69) is 43.7 Å². The molecular weight excluding hydrogens is 200 g/mol. The Morgan fingerprint density at radius 1 is 1.25 bits per heavy atom. The van der Waals surface area contributed by atoms with Gasteiger partial charge < -0.3 is 0 Å². The molecule has 1 saturated heterocycles. The van der Waals surface area contributed by atoms with E-state index in [4.69, 9.17) is 4.84 Å². The van der Waals surface area contributed by atoms with Gasteiger partial charge in [-0.05, 0) is 19.4 Å². The summed E-state index contributed by atoms with van der Waals surface area (Å²) in [6.45, 7) is 8.36. The molecular formula is C13H22N2O. The van der Waals surface area contributed by atoms with Crippen LogP contribution in [0.1, 0.15) is 44.5 Å². The smallest absolute Gasteiger partial charge is 0.156 e. The fourth-order valence-corrected chi connectivity index (χ4v) is 1.50. The molecule has 1 aromatic carbocycles. The van der Waals surface area contributed by atoms with E-state index in [0.29, 0.717) is 0 Å². The van der Waals surface area contributed by atoms with Gasteiger partial charge in [-0.2, -0.15) is 5.48 Å². The van der Waals surface area contributed by atoms with Crippen molar-refractivity contribution in [2.75, 3.05) is 0 Å². The fourth-order valence-electron chi connectivity index (χ4n) is 1.50. The molecule has 2 rings (SSSR count). The average Bonchev–Trinajstić information content (AvgIpc) is 2.67. The molecule has 2 N–H and O–H groups in total. The van der Waals surface area contributed by atoms with Crippen LogP contribution in [0.15, 0.2) is 24.3 Å². The van der Waals surface area contributed by atoms with E-state index in [1.54, 1.807) is 0 Å². The van der Waals surface area contributed by atoms with Gasteiger partial charge in [0.05, 0.1) is 6.17 Å². The molecule has 0 amide bonds. The third-order valence-electron chi connectivity index (χ3n) is 2.23. The summed E-state index contributed by atoms with van der Waals surface area (Å²) in [5.41, 5.74) is 5.32. The zero-order valence-electron chi connectivity index (χ0n) is 10.6. The first kappa shape index (κ1) is 13.2. The van der Waals surface area contributed by atoms with E-state index in [-0.39, 0.29) is 12.4 Å². The van der Waals surface area contributed by atoms with Crippen molar-refractivity contribution in [3.63, 3.8) is 0 Å². The van der Waals surface area contributed by atoms with Crippen molar-refractivity contribution < 1.29 is 4.84 Å². The van der Waals surface area contributed by atoms with Crippen LogP contribution >= 0.6 is 0 Å². The second-order valence-corrected chi connectivity index (χ2v) is 4.07. The van der Waals surface area contributed by atoms with Crippen molar-refractivity contribution in [1.82, 2.24) is 10.8 Å². The van der Waals surface area contributed by atoms with E-state index < -0.39 is 0 Å². The van der Waals surface area contributed by atoms with Gasteiger partial charge in [-0.25, -0.2) is 0 Å². The highest BCUT2D eigenvalue weighted by Crippen LogP contribution is 2.20. The van der Waals surface area contributed by atoms with E-state index in [1.165, 1.54) is 17.5 Å². The van der Waals surface area contributed by atoms with Crippen LogP contribution in [0.3, 0.4) is 0 Å². The quantitative estimate of drug-likeness (QED) is 0.766. The van der Waals surface area contributed by atoms with Crippen molar-refractivity contribution in [3.05, 3.63) is 35.4 Å². The second-order valence-electron chi connectivity index (χ2n) is 4.07. The predicted molar refractivity (Wildman–Crippen MR) is 66.7 cm³/mol. The summed E-state index contributed by atoms with van der Waals surface area (Å²) in [4.78, 5) is 5.37. The highest BCUT2D eigenvalue weighted by molar-refractivity contribution is 5.27. The molecule has 2 unspecified atom stereocenters. The molecule has 0 spiro atoms. The lowest BCUT2D eigenvalue weighted by atomic mass is 10.1. The summed E-state index contributed by atoms with van der Waals surface area (Å²) in [5.74, 6) is 0. The minimum absolute atomic E-state index is 0.0174. The highest BCUT2D eigenvalue weighted by Gasteiger charge is 2.22. The molecule has 0 aromatic heterocycles. The zero-order valence-corrected chi connectivity index (χ0v) is 10.6. The maximum atomic E-state index is 5.37. The summed E-state index contributed by atoms with van der Waals surface area (Å²) in [6.07, 6.45) is 1.45. The molecule has 0 aliphatic carbocycles. The topological polar surface area (TPSA) is 33.3 Å². The summed E-state index contributed by atoms with van der Waals surface area (Å²) in [5, 5.41) is 3.28. The minimum Gasteiger partial charge on any atom is -0.276 e. The molecule has 16 heavy (non-hydrogen) atoms. The van der Waals surface area contributed by atoms with Crippen molar-refractivity contribution in [2.24, 2.45) is 0 Å². The van der Waals surface area contributed by atoms with Gasteiger partial charge in [0, 0.05) is 5.56 Å². The number of hydrogen-bond acceptors (Lipinski definition) is 3. The molecule has 0 saturated carbocycles. The van der Waals surface area contributed by atoms with E-state index in [9.17, 15) is 0 Å². The van der Waals surface area contributed by atoms with E-state index in [1.807, 2.05) is 19.1 Å². The Morgan fingerprint density at radius 2 is 1.88 bits per heavy atom. The summed E-state index contributed by atoms with van der Waals surface area (Å²) >= 11 is 0. The molecule has 1 aliphatic rings. The number of benzene rings is 1. The molecule has 2 atom stereocenters. The van der Waals surface area contributed by atoms with Crippen LogP contribution in [0.5, 0.6) is 0 Å². The Balaban J connectivity index is 0.000000386. The molecule has 0 radical (unpaired) electrons. The normalized spacial score (nSPS) is 23.8. The molecule has 3 heteroatoms. The third kappa shape index (κ3) is 3.59. The second kappa shape index (κ2) is 6.63. The Kier molecular flexibility index (Phi) is 5.46. The average molecular weight is 222 g/mol. The third-order valence-corrected chi connectivity index (χ3v) is 2.23. The van der Waals surface area contributed by atoms with E-state index in [0.717, 1.165) is 0 Å². The number of rotatable bonds is 1. The Bertz CT molecular complexity index is 315. The van der Waals surface area contributed by atoms with Crippen LogP contribution in [0.2, 0.25) is 0 Å². The molecule has 90 valence electrons. The number of hydrogen-bond donors (Lipinski definition) is 2. The lowest BCUT2D eigenvalue weighted by Crippen LogP contribution is -2.27. The van der Waals surface area contributed by atoms with Crippen LogP contribution in [0.4, 0.5) is 0 Å². The Morgan fingerprint density at radius 3 is 2.38 bits per heavy atom. The molecule has 3 nitrogen and oxygen atoms in total. The van der Waals surface area contributed by atoms with Gasteiger partial charge >= 0.3 is 0 Å². The van der Waals surface area contributed by atoms with Gasteiger partial charge in [0.2, 0.25) is 0 Å². The standard InChI is InChI=1S/C10H14N2O.C3H8/c1-7-5-3-4-6-9(7)10-11-8(2)12-13-10;1-3-2/h3-6,8,10-12H,1-2H3;3H2,1-2H3. The molecule has 1 fully saturated rings. The largest absolute Gasteiger partial charge is 0.276 e. The first-order chi connectivity index (χ1) is 7.69. The van der Waals surface area contributed by atoms with Crippen LogP contribution in [-0.2, 0) is 4.84 Å². The Labute approximate surface area is 98.2 Å². The van der Waals surface area contributed by atoms with Crippen LogP contribution in [0, 0.1) is 6.92 Å².